The zero-order valence-corrected chi connectivity index (χ0v) is 11.9. The Bertz CT molecular complexity index is 741. The second-order valence-corrected chi connectivity index (χ2v) is 5.15. The summed E-state index contributed by atoms with van der Waals surface area (Å²) in [5.74, 6) is -0.230. The van der Waals surface area contributed by atoms with Gasteiger partial charge in [-0.2, -0.15) is 5.26 Å². The van der Waals surface area contributed by atoms with Gasteiger partial charge in [0.2, 0.25) is 0 Å². The van der Waals surface area contributed by atoms with E-state index in [0.717, 1.165) is 5.39 Å². The molecule has 3 rings (SSSR count). The number of benzene rings is 1. The van der Waals surface area contributed by atoms with Crippen LogP contribution >= 0.6 is 11.6 Å². The predicted octanol–water partition coefficient (Wildman–Crippen LogP) is 2.25. The Morgan fingerprint density at radius 3 is 3.10 bits per heavy atom. The normalized spacial score (nSPS) is 18.5. The van der Waals surface area contributed by atoms with Gasteiger partial charge in [-0.1, -0.05) is 29.8 Å². The summed E-state index contributed by atoms with van der Waals surface area (Å²) in [6.45, 7) is 1.05. The van der Waals surface area contributed by atoms with E-state index < -0.39 is 6.10 Å². The molecule has 2 heterocycles. The highest BCUT2D eigenvalue weighted by molar-refractivity contribution is 6.35. The number of nitriles is 1. The van der Waals surface area contributed by atoms with Gasteiger partial charge in [0.15, 0.2) is 6.10 Å². The Morgan fingerprint density at radius 2 is 2.29 bits per heavy atom. The molecular formula is C15H12ClN3O2. The molecule has 1 atom stereocenters. The number of morpholine rings is 1. The highest BCUT2D eigenvalue weighted by Crippen LogP contribution is 2.23. The molecule has 1 saturated heterocycles. The van der Waals surface area contributed by atoms with Crippen molar-refractivity contribution in [2.75, 3.05) is 19.7 Å². The second kappa shape index (κ2) is 5.68. The zero-order chi connectivity index (χ0) is 14.8. The number of pyridine rings is 1. The average Bonchev–Trinajstić information content (AvgIpc) is 2.54. The van der Waals surface area contributed by atoms with Crippen LogP contribution in [0, 0.1) is 11.3 Å². The fourth-order valence-corrected chi connectivity index (χ4v) is 2.58. The lowest BCUT2D eigenvalue weighted by Crippen LogP contribution is -2.45. The van der Waals surface area contributed by atoms with E-state index in [1.165, 1.54) is 0 Å². The van der Waals surface area contributed by atoms with Crippen molar-refractivity contribution in [1.82, 2.24) is 9.88 Å². The summed E-state index contributed by atoms with van der Waals surface area (Å²) in [7, 11) is 0. The molecule has 1 unspecified atom stereocenters. The minimum Gasteiger partial charge on any atom is -0.360 e. The molecule has 0 bridgehead atoms. The quantitative estimate of drug-likeness (QED) is 0.810. The Hall–Kier alpha value is -2.16. The Labute approximate surface area is 126 Å². The first-order valence-electron chi connectivity index (χ1n) is 6.55. The van der Waals surface area contributed by atoms with E-state index in [1.54, 1.807) is 11.0 Å². The summed E-state index contributed by atoms with van der Waals surface area (Å²) in [5, 5.41) is 10.2. The summed E-state index contributed by atoms with van der Waals surface area (Å²) in [4.78, 5) is 18.4. The Balaban J connectivity index is 1.93. The first-order valence-corrected chi connectivity index (χ1v) is 6.92. The van der Waals surface area contributed by atoms with Crippen LogP contribution in [-0.2, 0) is 4.74 Å². The fraction of sp³-hybridized carbons (Fsp3) is 0.267. The van der Waals surface area contributed by atoms with E-state index >= 15 is 0 Å². The smallest absolute Gasteiger partial charge is 0.272 e. The molecule has 21 heavy (non-hydrogen) atoms. The van der Waals surface area contributed by atoms with E-state index in [9.17, 15) is 4.79 Å². The van der Waals surface area contributed by atoms with Gasteiger partial charge in [-0.05, 0) is 12.1 Å². The van der Waals surface area contributed by atoms with Crippen LogP contribution < -0.4 is 0 Å². The van der Waals surface area contributed by atoms with Crippen molar-refractivity contribution in [3.8, 4) is 6.07 Å². The van der Waals surface area contributed by atoms with Crippen molar-refractivity contribution in [2.24, 2.45) is 0 Å². The number of para-hydroxylation sites is 1. The van der Waals surface area contributed by atoms with Crippen LogP contribution in [0.25, 0.3) is 10.9 Å². The number of nitrogens with zero attached hydrogens (tertiary/aromatic N) is 3. The molecule has 1 fully saturated rings. The topological polar surface area (TPSA) is 66.2 Å². The van der Waals surface area contributed by atoms with Crippen molar-refractivity contribution in [3.63, 3.8) is 0 Å². The van der Waals surface area contributed by atoms with Gasteiger partial charge in [-0.15, -0.1) is 0 Å². The van der Waals surface area contributed by atoms with Gasteiger partial charge in [-0.3, -0.25) is 4.79 Å². The van der Waals surface area contributed by atoms with Gasteiger partial charge < -0.3 is 9.64 Å². The van der Waals surface area contributed by atoms with Crippen molar-refractivity contribution in [2.45, 2.75) is 6.10 Å². The van der Waals surface area contributed by atoms with Gasteiger partial charge in [0.1, 0.15) is 5.69 Å². The molecule has 5 nitrogen and oxygen atoms in total. The second-order valence-electron chi connectivity index (χ2n) is 4.75. The van der Waals surface area contributed by atoms with E-state index in [1.807, 2.05) is 30.3 Å². The van der Waals surface area contributed by atoms with Crippen LogP contribution in [0.15, 0.2) is 30.3 Å². The van der Waals surface area contributed by atoms with Gasteiger partial charge in [0.25, 0.3) is 5.91 Å². The lowest BCUT2D eigenvalue weighted by Gasteiger charge is -2.29. The number of carbonyl (C=O) groups is 1. The zero-order valence-electron chi connectivity index (χ0n) is 11.1. The van der Waals surface area contributed by atoms with Crippen LogP contribution in [-0.4, -0.2) is 41.6 Å². The number of halogens is 1. The summed E-state index contributed by atoms with van der Waals surface area (Å²) in [6.07, 6.45) is -0.585. The van der Waals surface area contributed by atoms with Gasteiger partial charge in [-0.25, -0.2) is 4.98 Å². The summed E-state index contributed by atoms with van der Waals surface area (Å²) >= 11 is 6.21. The number of fused-ring (bicyclic) bond motifs is 1. The summed E-state index contributed by atoms with van der Waals surface area (Å²) in [6, 6.07) is 11.0. The maximum Gasteiger partial charge on any atom is 0.272 e. The molecule has 106 valence electrons. The van der Waals surface area contributed by atoms with Crippen LogP contribution in [0.4, 0.5) is 0 Å². The molecule has 1 aromatic carbocycles. The number of carbonyl (C=O) groups excluding carboxylic acids is 1. The summed E-state index contributed by atoms with van der Waals surface area (Å²) < 4.78 is 5.24. The van der Waals surface area contributed by atoms with Crippen molar-refractivity contribution in [1.29, 1.82) is 5.26 Å². The number of rotatable bonds is 1. The highest BCUT2D eigenvalue weighted by Gasteiger charge is 2.26. The molecule has 0 N–H and O–H groups in total. The molecule has 0 aliphatic carbocycles. The maximum atomic E-state index is 12.5. The molecule has 1 aliphatic heterocycles. The summed E-state index contributed by atoms with van der Waals surface area (Å²) in [5.41, 5.74) is 0.968. The third-order valence-electron chi connectivity index (χ3n) is 3.38. The molecule has 1 aromatic heterocycles. The van der Waals surface area contributed by atoms with E-state index in [0.29, 0.717) is 23.7 Å². The predicted molar refractivity (Wildman–Crippen MR) is 78.0 cm³/mol. The third kappa shape index (κ3) is 2.68. The van der Waals surface area contributed by atoms with Crippen molar-refractivity contribution >= 4 is 28.4 Å². The lowest BCUT2D eigenvalue weighted by molar-refractivity contribution is 0.00322. The molecule has 1 aliphatic rings. The van der Waals surface area contributed by atoms with E-state index in [2.05, 4.69) is 4.98 Å². The molecule has 0 saturated carbocycles. The monoisotopic (exact) mass is 301 g/mol. The third-order valence-corrected chi connectivity index (χ3v) is 3.70. The Kier molecular flexibility index (Phi) is 3.74. The van der Waals surface area contributed by atoms with Crippen LogP contribution in [0.5, 0.6) is 0 Å². The van der Waals surface area contributed by atoms with E-state index in [-0.39, 0.29) is 18.1 Å². The van der Waals surface area contributed by atoms with Gasteiger partial charge in [0.05, 0.1) is 29.8 Å². The fourth-order valence-electron chi connectivity index (χ4n) is 2.32. The number of amides is 1. The number of ether oxygens (including phenoxy) is 1. The number of hydrogen-bond acceptors (Lipinski definition) is 4. The molecule has 6 heteroatoms. The SMILES string of the molecule is N#CC1CN(C(=O)c2cc(Cl)c3ccccc3n2)CCO1. The molecule has 0 radical (unpaired) electrons. The van der Waals surface area contributed by atoms with Crippen LogP contribution in [0.1, 0.15) is 10.5 Å². The van der Waals surface area contributed by atoms with Crippen LogP contribution in [0.2, 0.25) is 5.02 Å². The molecule has 0 spiro atoms. The minimum atomic E-state index is -0.585. The lowest BCUT2D eigenvalue weighted by atomic mass is 10.2. The number of aromatic nitrogens is 1. The number of hydrogen-bond donors (Lipinski definition) is 0. The van der Waals surface area contributed by atoms with Crippen LogP contribution in [0.3, 0.4) is 0 Å². The van der Waals surface area contributed by atoms with Gasteiger partial charge in [0, 0.05) is 11.9 Å². The standard InChI is InChI=1S/C15H12ClN3O2/c16-12-7-14(18-13-4-2-1-3-11(12)13)15(20)19-5-6-21-10(8-17)9-19/h1-4,7,10H,5-6,9H2. The van der Waals surface area contributed by atoms with Crippen molar-refractivity contribution in [3.05, 3.63) is 41.0 Å². The first-order chi connectivity index (χ1) is 10.2. The molecule has 2 aromatic rings. The maximum absolute atomic E-state index is 12.5. The minimum absolute atomic E-state index is 0.230. The van der Waals surface area contributed by atoms with Gasteiger partial charge >= 0.3 is 0 Å². The first kappa shape index (κ1) is 13.8. The average molecular weight is 302 g/mol. The van der Waals surface area contributed by atoms with E-state index in [4.69, 9.17) is 21.6 Å². The largest absolute Gasteiger partial charge is 0.360 e. The highest BCUT2D eigenvalue weighted by atomic mass is 35.5. The molecular weight excluding hydrogens is 290 g/mol. The van der Waals surface area contributed by atoms with Crippen molar-refractivity contribution < 1.29 is 9.53 Å². The Morgan fingerprint density at radius 1 is 1.48 bits per heavy atom. The molecule has 1 amide bonds.